The van der Waals surface area contributed by atoms with Gasteiger partial charge in [0.25, 0.3) is 0 Å². The molecule has 0 bridgehead atoms. The number of aliphatic hydroxyl groups excluding tert-OH is 1. The highest BCUT2D eigenvalue weighted by Crippen LogP contribution is 2.03. The molecule has 1 aromatic rings. The Labute approximate surface area is 108 Å². The Hall–Kier alpha value is -1.39. The fourth-order valence-corrected chi connectivity index (χ4v) is 1.76. The van der Waals surface area contributed by atoms with Crippen molar-refractivity contribution in [3.05, 3.63) is 35.9 Å². The van der Waals surface area contributed by atoms with Crippen molar-refractivity contribution < 1.29 is 14.6 Å². The van der Waals surface area contributed by atoms with Gasteiger partial charge in [-0.2, -0.15) is 0 Å². The first-order valence-corrected chi connectivity index (χ1v) is 6.19. The molecule has 1 N–H and O–H groups in total. The molecule has 0 unspecified atom stereocenters. The first-order valence-electron chi connectivity index (χ1n) is 6.19. The van der Waals surface area contributed by atoms with Crippen molar-refractivity contribution in [2.45, 2.75) is 12.8 Å². The lowest BCUT2D eigenvalue weighted by Crippen LogP contribution is -2.36. The third-order valence-electron chi connectivity index (χ3n) is 2.70. The summed E-state index contributed by atoms with van der Waals surface area (Å²) in [7, 11) is 1.64. The summed E-state index contributed by atoms with van der Waals surface area (Å²) in [5.74, 6) is 0.0475. The number of aliphatic hydroxyl groups is 1. The van der Waals surface area contributed by atoms with Crippen LogP contribution in [0, 0.1) is 0 Å². The van der Waals surface area contributed by atoms with Crippen molar-refractivity contribution in [1.82, 2.24) is 4.90 Å². The van der Waals surface area contributed by atoms with Gasteiger partial charge in [-0.1, -0.05) is 30.3 Å². The molecule has 1 aromatic carbocycles. The minimum Gasteiger partial charge on any atom is -0.395 e. The van der Waals surface area contributed by atoms with Gasteiger partial charge in [-0.15, -0.1) is 0 Å². The van der Waals surface area contributed by atoms with Gasteiger partial charge in [-0.05, 0) is 12.0 Å². The molecule has 0 heterocycles. The fraction of sp³-hybridized carbons (Fsp3) is 0.500. The van der Waals surface area contributed by atoms with E-state index in [4.69, 9.17) is 9.84 Å². The molecule has 0 saturated heterocycles. The second-order valence-corrected chi connectivity index (χ2v) is 4.11. The fourth-order valence-electron chi connectivity index (χ4n) is 1.76. The maximum Gasteiger partial charge on any atom is 0.227 e. The molecule has 0 aliphatic rings. The highest BCUT2D eigenvalue weighted by atomic mass is 16.5. The van der Waals surface area contributed by atoms with Crippen molar-refractivity contribution in [1.29, 1.82) is 0 Å². The number of methoxy groups -OCH3 is 1. The predicted molar refractivity (Wildman–Crippen MR) is 70.3 cm³/mol. The standard InChI is InChI=1S/C14H21NO3/c1-18-11-5-8-15(9-10-16)14(17)12-13-6-3-2-4-7-13/h2-4,6-7,16H,5,8-12H2,1H3. The van der Waals surface area contributed by atoms with Crippen LogP contribution in [0.1, 0.15) is 12.0 Å². The van der Waals surface area contributed by atoms with Crippen molar-refractivity contribution in [2.75, 3.05) is 33.4 Å². The molecule has 4 heteroatoms. The number of amides is 1. The molecule has 0 radical (unpaired) electrons. The van der Waals surface area contributed by atoms with Gasteiger partial charge in [-0.25, -0.2) is 0 Å². The van der Waals surface area contributed by atoms with Crippen LogP contribution in [0.2, 0.25) is 0 Å². The van der Waals surface area contributed by atoms with Crippen LogP contribution < -0.4 is 0 Å². The Kier molecular flexibility index (Phi) is 7.06. The van der Waals surface area contributed by atoms with Crippen LogP contribution in [0.25, 0.3) is 0 Å². The third kappa shape index (κ3) is 5.29. The van der Waals surface area contributed by atoms with Crippen molar-refractivity contribution in [2.24, 2.45) is 0 Å². The molecule has 0 atom stereocenters. The molecule has 1 amide bonds. The lowest BCUT2D eigenvalue weighted by atomic mass is 10.1. The summed E-state index contributed by atoms with van der Waals surface area (Å²) in [4.78, 5) is 13.8. The SMILES string of the molecule is COCCCN(CCO)C(=O)Cc1ccccc1. The quantitative estimate of drug-likeness (QED) is 0.704. The third-order valence-corrected chi connectivity index (χ3v) is 2.70. The molecule has 100 valence electrons. The predicted octanol–water partition coefficient (Wildman–Crippen LogP) is 1.09. The largest absolute Gasteiger partial charge is 0.395 e. The van der Waals surface area contributed by atoms with E-state index in [9.17, 15) is 4.79 Å². The molecular weight excluding hydrogens is 230 g/mol. The number of carbonyl (C=O) groups is 1. The summed E-state index contributed by atoms with van der Waals surface area (Å²) in [5, 5.41) is 8.98. The molecule has 0 saturated carbocycles. The Morgan fingerprint density at radius 3 is 2.61 bits per heavy atom. The van der Waals surface area contributed by atoms with Gasteiger partial charge in [0.1, 0.15) is 0 Å². The van der Waals surface area contributed by atoms with Crippen LogP contribution in [0.15, 0.2) is 30.3 Å². The van der Waals surface area contributed by atoms with E-state index in [-0.39, 0.29) is 12.5 Å². The van der Waals surface area contributed by atoms with Gasteiger partial charge in [0, 0.05) is 26.8 Å². The molecule has 0 aliphatic carbocycles. The number of hydrogen-bond donors (Lipinski definition) is 1. The van der Waals surface area contributed by atoms with E-state index in [0.717, 1.165) is 12.0 Å². The second kappa shape index (κ2) is 8.66. The van der Waals surface area contributed by atoms with Crippen molar-refractivity contribution in [3.63, 3.8) is 0 Å². The first kappa shape index (κ1) is 14.7. The highest BCUT2D eigenvalue weighted by molar-refractivity contribution is 5.78. The van der Waals surface area contributed by atoms with E-state index >= 15 is 0 Å². The first-order chi connectivity index (χ1) is 8.77. The van der Waals surface area contributed by atoms with Gasteiger partial charge in [0.15, 0.2) is 0 Å². The maximum atomic E-state index is 12.1. The number of ether oxygens (including phenoxy) is 1. The van der Waals surface area contributed by atoms with Gasteiger partial charge in [0.2, 0.25) is 5.91 Å². The lowest BCUT2D eigenvalue weighted by Gasteiger charge is -2.21. The van der Waals surface area contributed by atoms with E-state index in [1.807, 2.05) is 30.3 Å². The highest BCUT2D eigenvalue weighted by Gasteiger charge is 2.12. The molecule has 1 rings (SSSR count). The van der Waals surface area contributed by atoms with E-state index in [0.29, 0.717) is 26.1 Å². The molecule has 0 aromatic heterocycles. The maximum absolute atomic E-state index is 12.1. The number of rotatable bonds is 8. The van der Waals surface area contributed by atoms with Crippen molar-refractivity contribution in [3.8, 4) is 0 Å². The van der Waals surface area contributed by atoms with Gasteiger partial charge in [-0.3, -0.25) is 4.79 Å². The van der Waals surface area contributed by atoms with Crippen LogP contribution in [-0.4, -0.2) is 49.3 Å². The summed E-state index contributed by atoms with van der Waals surface area (Å²) >= 11 is 0. The Bertz CT molecular complexity index is 340. The molecule has 18 heavy (non-hydrogen) atoms. The van der Waals surface area contributed by atoms with E-state index < -0.39 is 0 Å². The molecule has 0 fully saturated rings. The minimum absolute atomic E-state index is 0.00644. The summed E-state index contributed by atoms with van der Waals surface area (Å²) in [5.41, 5.74) is 0.997. The zero-order valence-corrected chi connectivity index (χ0v) is 10.8. The summed E-state index contributed by atoms with van der Waals surface area (Å²) < 4.78 is 4.97. The van der Waals surface area contributed by atoms with Crippen LogP contribution in [0.4, 0.5) is 0 Å². The van der Waals surface area contributed by atoms with Gasteiger partial charge >= 0.3 is 0 Å². The van der Waals surface area contributed by atoms with E-state index in [1.54, 1.807) is 12.0 Å². The normalized spacial score (nSPS) is 10.3. The molecular formula is C14H21NO3. The van der Waals surface area contributed by atoms with Gasteiger partial charge in [0.05, 0.1) is 13.0 Å². The minimum atomic E-state index is -0.00644. The van der Waals surface area contributed by atoms with Gasteiger partial charge < -0.3 is 14.7 Å². The van der Waals surface area contributed by atoms with Crippen molar-refractivity contribution >= 4 is 5.91 Å². The second-order valence-electron chi connectivity index (χ2n) is 4.11. The molecule has 4 nitrogen and oxygen atoms in total. The van der Waals surface area contributed by atoms with Crippen LogP contribution in [0.3, 0.4) is 0 Å². The average molecular weight is 251 g/mol. The Balaban J connectivity index is 2.48. The van der Waals surface area contributed by atoms with E-state index in [2.05, 4.69) is 0 Å². The zero-order chi connectivity index (χ0) is 13.2. The number of hydrogen-bond acceptors (Lipinski definition) is 3. The molecule has 0 spiro atoms. The summed E-state index contributed by atoms with van der Waals surface area (Å²) in [6.07, 6.45) is 1.17. The lowest BCUT2D eigenvalue weighted by molar-refractivity contribution is -0.131. The van der Waals surface area contributed by atoms with Crippen LogP contribution in [-0.2, 0) is 16.0 Å². The summed E-state index contributed by atoms with van der Waals surface area (Å²) in [6.45, 7) is 1.63. The Morgan fingerprint density at radius 2 is 2.00 bits per heavy atom. The monoisotopic (exact) mass is 251 g/mol. The van der Waals surface area contributed by atoms with Crippen LogP contribution in [0.5, 0.6) is 0 Å². The summed E-state index contributed by atoms with van der Waals surface area (Å²) in [6, 6.07) is 9.64. The van der Waals surface area contributed by atoms with E-state index in [1.165, 1.54) is 0 Å². The number of carbonyl (C=O) groups excluding carboxylic acids is 1. The Morgan fingerprint density at radius 1 is 1.28 bits per heavy atom. The van der Waals surface area contributed by atoms with Crippen LogP contribution >= 0.6 is 0 Å². The molecule has 0 aliphatic heterocycles. The zero-order valence-electron chi connectivity index (χ0n) is 10.8. The number of nitrogens with zero attached hydrogens (tertiary/aromatic N) is 1. The number of benzene rings is 1. The smallest absolute Gasteiger partial charge is 0.227 e. The topological polar surface area (TPSA) is 49.8 Å². The average Bonchev–Trinajstić information content (AvgIpc) is 2.39.